The molecule has 0 spiro atoms. The number of carbonyl (C=O) groups is 1. The van der Waals surface area contributed by atoms with Crippen LogP contribution in [0.3, 0.4) is 0 Å². The Morgan fingerprint density at radius 1 is 1.61 bits per heavy atom. The number of primary amides is 1. The van der Waals surface area contributed by atoms with Gasteiger partial charge in [-0.2, -0.15) is 0 Å². The second-order valence-electron chi connectivity index (χ2n) is 3.11. The first kappa shape index (κ1) is 14.9. The van der Waals surface area contributed by atoms with Gasteiger partial charge in [0.25, 0.3) is 5.70 Å². The molecule has 0 aliphatic rings. The average Bonchev–Trinajstić information content (AvgIpc) is 2.33. The summed E-state index contributed by atoms with van der Waals surface area (Å²) in [5.74, 6) is -0.755. The maximum atomic E-state index is 11.1. The van der Waals surface area contributed by atoms with Crippen molar-refractivity contribution >= 4 is 50.9 Å². The topological polar surface area (TPSA) is 59.5 Å². The Morgan fingerprint density at radius 2 is 2.28 bits per heavy atom. The summed E-state index contributed by atoms with van der Waals surface area (Å²) in [6.45, 7) is 6.95. The van der Waals surface area contributed by atoms with Gasteiger partial charge in [0, 0.05) is 10.2 Å². The third-order valence-corrected chi connectivity index (χ3v) is 3.86. The third-order valence-electron chi connectivity index (χ3n) is 1.94. The molecule has 0 unspecified atom stereocenters. The molecule has 1 rings (SSSR count). The van der Waals surface area contributed by atoms with Crippen LogP contribution in [0.1, 0.15) is 0 Å². The molecule has 0 atom stereocenters. The minimum Gasteiger partial charge on any atom is -0.375 e. The predicted octanol–water partition coefficient (Wildman–Crippen LogP) is 3.45. The second kappa shape index (κ2) is 6.69. The number of hydrogen-bond acceptors (Lipinski definition) is 3. The van der Waals surface area contributed by atoms with Gasteiger partial charge in [-0.25, -0.2) is 4.85 Å². The highest BCUT2D eigenvalue weighted by atomic mass is 79.9. The van der Waals surface area contributed by atoms with Gasteiger partial charge in [0.15, 0.2) is 0 Å². The summed E-state index contributed by atoms with van der Waals surface area (Å²) >= 11 is 10.4. The zero-order chi connectivity index (χ0) is 13.7. The van der Waals surface area contributed by atoms with Crippen LogP contribution in [0.15, 0.2) is 33.4 Å². The van der Waals surface area contributed by atoms with E-state index >= 15 is 0 Å². The fourth-order valence-corrected chi connectivity index (χ4v) is 2.19. The van der Waals surface area contributed by atoms with Gasteiger partial charge in [-0.3, -0.25) is 4.79 Å². The monoisotopic (exact) mass is 345 g/mol. The fourth-order valence-electron chi connectivity index (χ4n) is 1.13. The average molecular weight is 347 g/mol. The molecule has 0 aromatic heterocycles. The molecule has 3 N–H and O–H groups in total. The third kappa shape index (κ3) is 3.67. The van der Waals surface area contributed by atoms with E-state index in [1.807, 2.05) is 0 Å². The number of thioether (sulfide) groups is 1. The molecule has 18 heavy (non-hydrogen) atoms. The van der Waals surface area contributed by atoms with E-state index in [0.29, 0.717) is 15.7 Å². The van der Waals surface area contributed by atoms with Crippen LogP contribution in [-0.2, 0) is 4.79 Å². The van der Waals surface area contributed by atoms with E-state index in [1.165, 1.54) is 11.8 Å². The van der Waals surface area contributed by atoms with E-state index in [-0.39, 0.29) is 5.70 Å². The first-order valence-electron chi connectivity index (χ1n) is 4.67. The molecule has 0 saturated carbocycles. The van der Waals surface area contributed by atoms with Crippen LogP contribution < -0.4 is 11.1 Å². The number of nitrogens with zero attached hydrogens (tertiary/aromatic N) is 1. The van der Waals surface area contributed by atoms with Crippen LogP contribution in [0, 0.1) is 6.57 Å². The molecule has 0 heterocycles. The Labute approximate surface area is 123 Å². The smallest absolute Gasteiger partial charge is 0.278 e. The lowest BCUT2D eigenvalue weighted by atomic mass is 10.3. The highest BCUT2D eigenvalue weighted by molar-refractivity contribution is 9.10. The number of rotatable bonds is 4. The van der Waals surface area contributed by atoms with Crippen molar-refractivity contribution in [2.75, 3.05) is 11.6 Å². The molecule has 0 aliphatic carbocycles. The summed E-state index contributed by atoms with van der Waals surface area (Å²) in [6.07, 6.45) is 1.75. The minimum absolute atomic E-state index is 0.117. The van der Waals surface area contributed by atoms with Crippen molar-refractivity contribution in [3.63, 3.8) is 0 Å². The summed E-state index contributed by atoms with van der Waals surface area (Å²) in [5, 5.41) is 3.96. The van der Waals surface area contributed by atoms with Crippen LogP contribution >= 0.6 is 39.3 Å². The lowest BCUT2D eigenvalue weighted by Gasteiger charge is -2.10. The standard InChI is InChI=1S/C11H9BrClN3OS/c1-15-9(10(14)17)11(18-2)16-6-3-4-8(13)7(12)5-6/h3-5,16H,2H3,(H2,14,17)/b11-9+. The quantitative estimate of drug-likeness (QED) is 0.648. The van der Waals surface area contributed by atoms with Crippen molar-refractivity contribution in [2.45, 2.75) is 0 Å². The number of amides is 1. The van der Waals surface area contributed by atoms with Crippen LogP contribution in [-0.4, -0.2) is 12.2 Å². The summed E-state index contributed by atoms with van der Waals surface area (Å²) in [4.78, 5) is 14.2. The van der Waals surface area contributed by atoms with Crippen molar-refractivity contribution in [1.29, 1.82) is 0 Å². The molecule has 0 fully saturated rings. The summed E-state index contributed by atoms with van der Waals surface area (Å²) in [5.41, 5.74) is 5.73. The summed E-state index contributed by atoms with van der Waals surface area (Å²) in [7, 11) is 0. The highest BCUT2D eigenvalue weighted by Crippen LogP contribution is 2.28. The molecule has 1 amide bonds. The maximum Gasteiger partial charge on any atom is 0.278 e. The highest BCUT2D eigenvalue weighted by Gasteiger charge is 2.13. The normalized spacial score (nSPS) is 11.4. The summed E-state index contributed by atoms with van der Waals surface area (Å²) < 4.78 is 0.720. The molecule has 0 radical (unpaired) electrons. The minimum atomic E-state index is -0.755. The zero-order valence-electron chi connectivity index (χ0n) is 9.33. The predicted molar refractivity (Wildman–Crippen MR) is 79.1 cm³/mol. The largest absolute Gasteiger partial charge is 0.375 e. The Balaban J connectivity index is 3.10. The van der Waals surface area contributed by atoms with Crippen LogP contribution in [0.2, 0.25) is 5.02 Å². The second-order valence-corrected chi connectivity index (χ2v) is 5.19. The van der Waals surface area contributed by atoms with Gasteiger partial charge in [-0.15, -0.1) is 11.8 Å². The number of halogens is 2. The fraction of sp³-hybridized carbons (Fsp3) is 0.0909. The first-order chi connectivity index (χ1) is 8.49. The Kier molecular flexibility index (Phi) is 5.54. The number of nitrogens with two attached hydrogens (primary N) is 1. The van der Waals surface area contributed by atoms with Gasteiger partial charge in [-0.05, 0) is 40.4 Å². The zero-order valence-corrected chi connectivity index (χ0v) is 12.5. The van der Waals surface area contributed by atoms with Crippen molar-refractivity contribution in [3.05, 3.63) is 49.8 Å². The number of benzene rings is 1. The SMILES string of the molecule is [C-]#[N+]/C(C(N)=O)=C(\Nc1ccc(Cl)c(Br)c1)SC. The molecule has 1 aromatic rings. The molecular weight excluding hydrogens is 338 g/mol. The van der Waals surface area contributed by atoms with Crippen molar-refractivity contribution in [3.8, 4) is 0 Å². The van der Waals surface area contributed by atoms with Gasteiger partial charge in [-0.1, -0.05) is 11.6 Å². The molecule has 94 valence electrons. The van der Waals surface area contributed by atoms with Crippen molar-refractivity contribution < 1.29 is 4.79 Å². The number of hydrogen-bond donors (Lipinski definition) is 2. The summed E-state index contributed by atoms with van der Waals surface area (Å²) in [6, 6.07) is 5.20. The van der Waals surface area contributed by atoms with E-state index < -0.39 is 5.91 Å². The Hall–Kier alpha value is -1.16. The van der Waals surface area contributed by atoms with Gasteiger partial charge < -0.3 is 11.1 Å². The van der Waals surface area contributed by atoms with Crippen LogP contribution in [0.4, 0.5) is 5.69 Å². The molecule has 0 aliphatic heterocycles. The van der Waals surface area contributed by atoms with Crippen LogP contribution in [0.25, 0.3) is 4.85 Å². The van der Waals surface area contributed by atoms with Gasteiger partial charge in [0.2, 0.25) is 5.91 Å². The van der Waals surface area contributed by atoms with Gasteiger partial charge >= 0.3 is 0 Å². The van der Waals surface area contributed by atoms with E-state index in [9.17, 15) is 4.79 Å². The Bertz CT molecular complexity index is 554. The first-order valence-corrected chi connectivity index (χ1v) is 7.06. The molecule has 1 aromatic carbocycles. The number of anilines is 1. The van der Waals surface area contributed by atoms with Crippen molar-refractivity contribution in [1.82, 2.24) is 0 Å². The lowest BCUT2D eigenvalue weighted by Crippen LogP contribution is -2.15. The van der Waals surface area contributed by atoms with E-state index in [4.69, 9.17) is 23.9 Å². The molecule has 4 nitrogen and oxygen atoms in total. The number of carbonyl (C=O) groups excluding carboxylic acids is 1. The molecule has 0 bridgehead atoms. The Morgan fingerprint density at radius 3 is 2.72 bits per heavy atom. The maximum absolute atomic E-state index is 11.1. The lowest BCUT2D eigenvalue weighted by molar-refractivity contribution is -0.114. The molecule has 7 heteroatoms. The van der Waals surface area contributed by atoms with Gasteiger partial charge in [0.1, 0.15) is 0 Å². The molecular formula is C11H9BrClN3OS. The van der Waals surface area contributed by atoms with Crippen LogP contribution in [0.5, 0.6) is 0 Å². The van der Waals surface area contributed by atoms with Crippen molar-refractivity contribution in [2.24, 2.45) is 5.73 Å². The van der Waals surface area contributed by atoms with E-state index in [1.54, 1.807) is 24.5 Å². The molecule has 0 saturated heterocycles. The van der Waals surface area contributed by atoms with Gasteiger partial charge in [0.05, 0.1) is 16.6 Å². The van der Waals surface area contributed by atoms with E-state index in [0.717, 1.165) is 4.47 Å². The number of nitrogens with one attached hydrogen (secondary N) is 1. The van der Waals surface area contributed by atoms with E-state index in [2.05, 4.69) is 26.1 Å².